The lowest BCUT2D eigenvalue weighted by Gasteiger charge is -2.33. The molecule has 0 saturated carbocycles. The summed E-state index contributed by atoms with van der Waals surface area (Å²) in [4.78, 5) is 13.6. The minimum absolute atomic E-state index is 0.0605. The maximum atomic E-state index is 11.9. The fourth-order valence-electron chi connectivity index (χ4n) is 2.10. The first-order chi connectivity index (χ1) is 8.61. The lowest BCUT2D eigenvalue weighted by molar-refractivity contribution is -0.129. The van der Waals surface area contributed by atoms with Gasteiger partial charge in [0.1, 0.15) is 6.61 Å². The van der Waals surface area contributed by atoms with Gasteiger partial charge in [-0.25, -0.2) is 0 Å². The number of carbonyl (C=O) groups is 1. The van der Waals surface area contributed by atoms with Gasteiger partial charge >= 0.3 is 0 Å². The summed E-state index contributed by atoms with van der Waals surface area (Å²) in [5.74, 6) is -0.0605. The number of anilines is 1. The quantitative estimate of drug-likeness (QED) is 0.910. The zero-order valence-corrected chi connectivity index (χ0v) is 11.0. The van der Waals surface area contributed by atoms with Crippen LogP contribution in [0.25, 0.3) is 0 Å². The molecule has 5 heteroatoms. The van der Waals surface area contributed by atoms with Crippen LogP contribution in [0.2, 0.25) is 5.02 Å². The van der Waals surface area contributed by atoms with Gasteiger partial charge in [0.2, 0.25) is 0 Å². The number of amides is 1. The standard InChI is InChI=1S/C13H16ClNO3/c1-9-6-10(14)2-3-12(9)15-7-11(4-5-16)18-8-13(15)17/h2-3,6,11,16H,4-5,7-8H2,1H3. The number of aryl methyl sites for hydroxylation is 1. The van der Waals surface area contributed by atoms with Crippen molar-refractivity contribution in [3.63, 3.8) is 0 Å². The Hall–Kier alpha value is -1.10. The van der Waals surface area contributed by atoms with Gasteiger partial charge in [0.15, 0.2) is 0 Å². The zero-order valence-electron chi connectivity index (χ0n) is 10.2. The molecular weight excluding hydrogens is 254 g/mol. The smallest absolute Gasteiger partial charge is 0.253 e. The van der Waals surface area contributed by atoms with E-state index < -0.39 is 0 Å². The molecule has 1 saturated heterocycles. The number of morpholine rings is 1. The second kappa shape index (κ2) is 5.69. The van der Waals surface area contributed by atoms with E-state index in [1.54, 1.807) is 11.0 Å². The molecule has 18 heavy (non-hydrogen) atoms. The number of halogens is 1. The molecule has 1 amide bonds. The summed E-state index contributed by atoms with van der Waals surface area (Å²) in [5, 5.41) is 9.59. The van der Waals surface area contributed by atoms with E-state index in [4.69, 9.17) is 21.4 Å². The van der Waals surface area contributed by atoms with Crippen molar-refractivity contribution in [2.24, 2.45) is 0 Å². The average molecular weight is 270 g/mol. The van der Waals surface area contributed by atoms with Crippen molar-refractivity contribution in [3.05, 3.63) is 28.8 Å². The van der Waals surface area contributed by atoms with Crippen molar-refractivity contribution < 1.29 is 14.6 Å². The Morgan fingerprint density at radius 2 is 2.33 bits per heavy atom. The highest BCUT2D eigenvalue weighted by Crippen LogP contribution is 2.26. The van der Waals surface area contributed by atoms with Crippen LogP contribution in [0.1, 0.15) is 12.0 Å². The van der Waals surface area contributed by atoms with Crippen molar-refractivity contribution in [2.45, 2.75) is 19.4 Å². The maximum Gasteiger partial charge on any atom is 0.253 e. The van der Waals surface area contributed by atoms with Crippen LogP contribution in [0.3, 0.4) is 0 Å². The number of ether oxygens (including phenoxy) is 1. The van der Waals surface area contributed by atoms with Gasteiger partial charge in [0.25, 0.3) is 5.91 Å². The normalized spacial score (nSPS) is 20.3. The number of nitrogens with zero attached hydrogens (tertiary/aromatic N) is 1. The number of hydrogen-bond donors (Lipinski definition) is 1. The van der Waals surface area contributed by atoms with Crippen LogP contribution in [0.15, 0.2) is 18.2 Å². The van der Waals surface area contributed by atoms with Gasteiger partial charge in [-0.15, -0.1) is 0 Å². The summed E-state index contributed by atoms with van der Waals surface area (Å²) in [6, 6.07) is 5.45. The highest BCUT2D eigenvalue weighted by atomic mass is 35.5. The fraction of sp³-hybridized carbons (Fsp3) is 0.462. The molecule has 0 radical (unpaired) electrons. The van der Waals surface area contributed by atoms with E-state index in [2.05, 4.69) is 0 Å². The minimum atomic E-state index is -0.109. The van der Waals surface area contributed by atoms with Gasteiger partial charge in [0.05, 0.1) is 12.6 Å². The molecule has 1 N–H and O–H groups in total. The molecule has 98 valence electrons. The molecule has 0 bridgehead atoms. The number of rotatable bonds is 3. The number of carbonyl (C=O) groups excluding carboxylic acids is 1. The molecule has 1 heterocycles. The molecule has 1 unspecified atom stereocenters. The summed E-state index contributed by atoms with van der Waals surface area (Å²) in [6.07, 6.45) is 0.430. The SMILES string of the molecule is Cc1cc(Cl)ccc1N1CC(CCO)OCC1=O. The molecule has 1 fully saturated rings. The van der Waals surface area contributed by atoms with Crippen LogP contribution < -0.4 is 4.90 Å². The van der Waals surface area contributed by atoms with E-state index in [0.717, 1.165) is 11.3 Å². The average Bonchev–Trinajstić information content (AvgIpc) is 2.33. The molecule has 0 aromatic heterocycles. The summed E-state index contributed by atoms with van der Waals surface area (Å²) in [6.45, 7) is 2.52. The summed E-state index contributed by atoms with van der Waals surface area (Å²) < 4.78 is 5.37. The van der Waals surface area contributed by atoms with E-state index in [0.29, 0.717) is 18.0 Å². The molecule has 4 nitrogen and oxygen atoms in total. The predicted molar refractivity (Wildman–Crippen MR) is 70.0 cm³/mol. The van der Waals surface area contributed by atoms with E-state index in [1.807, 2.05) is 19.1 Å². The first-order valence-corrected chi connectivity index (χ1v) is 6.28. The molecule has 1 aliphatic rings. The van der Waals surface area contributed by atoms with Gasteiger partial charge in [-0.05, 0) is 37.1 Å². The molecule has 1 aromatic rings. The topological polar surface area (TPSA) is 49.8 Å². The van der Waals surface area contributed by atoms with Gasteiger partial charge in [-0.1, -0.05) is 11.6 Å². The van der Waals surface area contributed by atoms with E-state index in [1.165, 1.54) is 0 Å². The summed E-state index contributed by atoms with van der Waals surface area (Å²) in [5.41, 5.74) is 1.82. The molecule has 0 aliphatic carbocycles. The van der Waals surface area contributed by atoms with Crippen molar-refractivity contribution in [3.8, 4) is 0 Å². The van der Waals surface area contributed by atoms with Crippen LogP contribution in [0, 0.1) is 6.92 Å². The molecular formula is C13H16ClNO3. The predicted octanol–water partition coefficient (Wildman–Crippen LogP) is 1.76. The Labute approximate surface area is 111 Å². The zero-order chi connectivity index (χ0) is 13.1. The van der Waals surface area contributed by atoms with E-state index >= 15 is 0 Å². The first kappa shape index (κ1) is 13.3. The highest BCUT2D eigenvalue weighted by molar-refractivity contribution is 6.30. The molecule has 0 spiro atoms. The first-order valence-electron chi connectivity index (χ1n) is 5.91. The third-order valence-electron chi connectivity index (χ3n) is 3.03. The number of benzene rings is 1. The van der Waals surface area contributed by atoms with Crippen molar-refractivity contribution >= 4 is 23.2 Å². The maximum absolute atomic E-state index is 11.9. The van der Waals surface area contributed by atoms with Crippen LogP contribution in [0.4, 0.5) is 5.69 Å². The Morgan fingerprint density at radius 3 is 3.00 bits per heavy atom. The van der Waals surface area contributed by atoms with E-state index in [-0.39, 0.29) is 25.2 Å². The van der Waals surface area contributed by atoms with Gasteiger partial charge in [-0.2, -0.15) is 0 Å². The number of aliphatic hydroxyl groups is 1. The monoisotopic (exact) mass is 269 g/mol. The second-order valence-corrected chi connectivity index (χ2v) is 4.82. The lowest BCUT2D eigenvalue weighted by atomic mass is 10.1. The fourth-order valence-corrected chi connectivity index (χ4v) is 2.32. The molecule has 1 atom stereocenters. The Bertz CT molecular complexity index is 450. The minimum Gasteiger partial charge on any atom is -0.396 e. The Morgan fingerprint density at radius 1 is 1.56 bits per heavy atom. The Kier molecular flexibility index (Phi) is 4.22. The Balaban J connectivity index is 2.21. The van der Waals surface area contributed by atoms with Crippen molar-refractivity contribution in [1.29, 1.82) is 0 Å². The largest absolute Gasteiger partial charge is 0.396 e. The van der Waals surface area contributed by atoms with Crippen LogP contribution in [-0.4, -0.2) is 36.9 Å². The lowest BCUT2D eigenvalue weighted by Crippen LogP contribution is -2.47. The van der Waals surface area contributed by atoms with Crippen molar-refractivity contribution in [2.75, 3.05) is 24.7 Å². The highest BCUT2D eigenvalue weighted by Gasteiger charge is 2.27. The third kappa shape index (κ3) is 2.83. The number of hydrogen-bond acceptors (Lipinski definition) is 3. The second-order valence-electron chi connectivity index (χ2n) is 4.38. The number of aliphatic hydroxyl groups excluding tert-OH is 1. The molecule has 1 aliphatic heterocycles. The van der Waals surface area contributed by atoms with Crippen LogP contribution in [0.5, 0.6) is 0 Å². The summed E-state index contributed by atoms with van der Waals surface area (Å²) >= 11 is 5.91. The van der Waals surface area contributed by atoms with Gasteiger partial charge in [-0.3, -0.25) is 4.79 Å². The van der Waals surface area contributed by atoms with E-state index in [9.17, 15) is 4.79 Å². The van der Waals surface area contributed by atoms with Crippen LogP contribution in [-0.2, 0) is 9.53 Å². The summed E-state index contributed by atoms with van der Waals surface area (Å²) in [7, 11) is 0. The molecule has 2 rings (SSSR count). The van der Waals surface area contributed by atoms with Crippen LogP contribution >= 0.6 is 11.6 Å². The van der Waals surface area contributed by atoms with Crippen molar-refractivity contribution in [1.82, 2.24) is 0 Å². The third-order valence-corrected chi connectivity index (χ3v) is 3.27. The van der Waals surface area contributed by atoms with Gasteiger partial charge < -0.3 is 14.7 Å². The molecule has 1 aromatic carbocycles. The van der Waals surface area contributed by atoms with Gasteiger partial charge in [0, 0.05) is 17.3 Å².